The molecule has 1 aliphatic rings. The van der Waals surface area contributed by atoms with Crippen LogP contribution in [0.1, 0.15) is 36.0 Å². The molecule has 5 N–H and O–H groups in total. The first-order valence-corrected chi connectivity index (χ1v) is 11.1. The zero-order chi connectivity index (χ0) is 24.1. The molecule has 0 bridgehead atoms. The molecule has 0 spiro atoms. The van der Waals surface area contributed by atoms with Gasteiger partial charge in [0, 0.05) is 6.04 Å². The van der Waals surface area contributed by atoms with Gasteiger partial charge in [-0.1, -0.05) is 37.1 Å². The first kappa shape index (κ1) is 23.0. The number of carboxylic acid groups (broad SMARTS) is 1. The van der Waals surface area contributed by atoms with Gasteiger partial charge >= 0.3 is 5.97 Å². The van der Waals surface area contributed by atoms with Crippen LogP contribution in [0.25, 0.3) is 28.5 Å². The fourth-order valence-electron chi connectivity index (χ4n) is 3.81. The average Bonchev–Trinajstić information content (AvgIpc) is 3.50. The van der Waals surface area contributed by atoms with Crippen molar-refractivity contribution in [3.63, 3.8) is 0 Å². The van der Waals surface area contributed by atoms with Crippen molar-refractivity contribution in [3.8, 4) is 40.0 Å². The molecular weight excluding hydrogens is 432 g/mol. The van der Waals surface area contributed by atoms with E-state index in [1.54, 1.807) is 54.6 Å². The summed E-state index contributed by atoms with van der Waals surface area (Å²) in [5.74, 6) is -0.328. The highest BCUT2D eigenvalue weighted by Gasteiger charge is 2.19. The summed E-state index contributed by atoms with van der Waals surface area (Å²) in [6.45, 7) is 0. The first-order chi connectivity index (χ1) is 16.4. The molecule has 0 radical (unpaired) electrons. The lowest BCUT2D eigenvalue weighted by Crippen LogP contribution is -2.13. The van der Waals surface area contributed by atoms with E-state index in [-0.39, 0.29) is 22.9 Å². The lowest BCUT2D eigenvalue weighted by molar-refractivity contribution is 0.0697. The molecule has 1 aromatic heterocycles. The number of hydrogen-bond acceptors (Lipinski definition) is 6. The monoisotopic (exact) mass is 458 g/mol. The van der Waals surface area contributed by atoms with Crippen LogP contribution < -0.4 is 5.73 Å². The Morgan fingerprint density at radius 2 is 1.41 bits per heavy atom. The smallest absolute Gasteiger partial charge is 0.335 e. The van der Waals surface area contributed by atoms with Crippen molar-refractivity contribution in [2.24, 2.45) is 5.73 Å². The summed E-state index contributed by atoms with van der Waals surface area (Å²) in [6.07, 6.45) is 5.25. The van der Waals surface area contributed by atoms with Gasteiger partial charge in [-0.25, -0.2) is 14.5 Å². The summed E-state index contributed by atoms with van der Waals surface area (Å²) < 4.78 is 1.50. The molecule has 174 valence electrons. The number of phenols is 2. The summed E-state index contributed by atoms with van der Waals surface area (Å²) in [4.78, 5) is 15.6. The minimum atomic E-state index is -1.03. The minimum Gasteiger partial charge on any atom is -0.507 e. The summed E-state index contributed by atoms with van der Waals surface area (Å²) in [5.41, 5.74) is 7.15. The molecule has 4 aromatic rings. The molecule has 34 heavy (non-hydrogen) atoms. The van der Waals surface area contributed by atoms with Crippen molar-refractivity contribution in [1.29, 1.82) is 0 Å². The molecule has 0 unspecified atom stereocenters. The second-order valence-corrected chi connectivity index (χ2v) is 8.10. The second kappa shape index (κ2) is 10.2. The molecule has 1 heterocycles. The van der Waals surface area contributed by atoms with Crippen LogP contribution in [0.2, 0.25) is 0 Å². The molecule has 8 nitrogen and oxygen atoms in total. The fraction of sp³-hybridized carbons (Fsp3) is 0.192. The normalized spacial score (nSPS) is 13.3. The van der Waals surface area contributed by atoms with Gasteiger partial charge in [0.25, 0.3) is 0 Å². The van der Waals surface area contributed by atoms with Crippen LogP contribution in [0.5, 0.6) is 11.5 Å². The Kier molecular flexibility index (Phi) is 6.89. The van der Waals surface area contributed by atoms with E-state index in [9.17, 15) is 15.0 Å². The number of para-hydroxylation sites is 2. The topological polar surface area (TPSA) is 134 Å². The second-order valence-electron chi connectivity index (χ2n) is 8.10. The third-order valence-electron chi connectivity index (χ3n) is 5.66. The van der Waals surface area contributed by atoms with E-state index in [4.69, 9.17) is 10.8 Å². The summed E-state index contributed by atoms with van der Waals surface area (Å²) in [5, 5.41) is 34.0. The maximum atomic E-state index is 11.1. The Morgan fingerprint density at radius 3 is 1.91 bits per heavy atom. The zero-order valence-electron chi connectivity index (χ0n) is 18.5. The Bertz CT molecular complexity index is 1280. The van der Waals surface area contributed by atoms with E-state index in [2.05, 4.69) is 10.1 Å². The van der Waals surface area contributed by atoms with Crippen molar-refractivity contribution in [3.05, 3.63) is 78.4 Å². The summed E-state index contributed by atoms with van der Waals surface area (Å²) >= 11 is 0. The van der Waals surface area contributed by atoms with E-state index in [1.165, 1.54) is 48.6 Å². The Hall–Kier alpha value is -4.17. The largest absolute Gasteiger partial charge is 0.507 e. The van der Waals surface area contributed by atoms with Crippen LogP contribution in [0.3, 0.4) is 0 Å². The highest BCUT2D eigenvalue weighted by Crippen LogP contribution is 2.33. The van der Waals surface area contributed by atoms with Gasteiger partial charge in [-0.2, -0.15) is 0 Å². The molecular formula is C26H26N4O4. The third kappa shape index (κ3) is 5.07. The number of rotatable bonds is 4. The van der Waals surface area contributed by atoms with Crippen LogP contribution in [-0.2, 0) is 0 Å². The number of hydrogen-bond donors (Lipinski definition) is 4. The van der Waals surface area contributed by atoms with Gasteiger partial charge in [-0.3, -0.25) is 0 Å². The molecule has 3 aromatic carbocycles. The van der Waals surface area contributed by atoms with Gasteiger partial charge < -0.3 is 21.1 Å². The van der Waals surface area contributed by atoms with Crippen LogP contribution in [0, 0.1) is 0 Å². The Balaban J connectivity index is 0.000000398. The maximum absolute atomic E-state index is 11.1. The van der Waals surface area contributed by atoms with Crippen molar-refractivity contribution in [1.82, 2.24) is 14.8 Å². The molecule has 1 saturated carbocycles. The van der Waals surface area contributed by atoms with Gasteiger partial charge in [0.2, 0.25) is 0 Å². The predicted octanol–water partition coefficient (Wildman–Crippen LogP) is 4.60. The van der Waals surface area contributed by atoms with Gasteiger partial charge in [-0.15, -0.1) is 5.10 Å². The van der Waals surface area contributed by atoms with E-state index < -0.39 is 5.97 Å². The van der Waals surface area contributed by atoms with Crippen molar-refractivity contribution in [2.45, 2.75) is 31.7 Å². The van der Waals surface area contributed by atoms with Crippen molar-refractivity contribution in [2.75, 3.05) is 0 Å². The predicted molar refractivity (Wildman–Crippen MR) is 129 cm³/mol. The number of nitrogens with zero attached hydrogens (tertiary/aromatic N) is 3. The first-order valence-electron chi connectivity index (χ1n) is 11.1. The van der Waals surface area contributed by atoms with Crippen molar-refractivity contribution >= 4 is 5.97 Å². The average molecular weight is 459 g/mol. The van der Waals surface area contributed by atoms with Gasteiger partial charge in [-0.05, 0) is 61.4 Å². The molecule has 1 fully saturated rings. The number of aromatic carboxylic acids is 1. The highest BCUT2D eigenvalue weighted by atomic mass is 16.4. The molecule has 0 saturated heterocycles. The summed E-state index contributed by atoms with van der Waals surface area (Å²) in [6, 6.07) is 20.1. The minimum absolute atomic E-state index is 0.0298. The number of phenolic OH excluding ortho intramolecular Hbond substituents is 2. The number of nitrogens with two attached hydrogens (primary N) is 1. The van der Waals surface area contributed by atoms with E-state index in [0.717, 1.165) is 0 Å². The number of aromatic hydroxyl groups is 2. The molecule has 8 heteroatoms. The molecule has 0 amide bonds. The summed E-state index contributed by atoms with van der Waals surface area (Å²) in [7, 11) is 0. The SMILES string of the molecule is NC1CCCC1.O=C(O)c1ccc(-n2nc(-c3ccccc3O)nc2-c2ccccc2O)cc1. The number of aromatic nitrogens is 3. The quantitative estimate of drug-likeness (QED) is 0.351. The van der Waals surface area contributed by atoms with Crippen LogP contribution in [-0.4, -0.2) is 42.1 Å². The number of carbonyl (C=O) groups is 1. The standard InChI is InChI=1S/C21H15N3O4.C5H11N/c25-17-7-3-1-5-15(17)19-22-20(16-6-2-4-8-18(16)26)24(23-19)14-11-9-13(10-12-14)21(27)28;6-5-3-1-2-4-5/h1-12,25-26H,(H,27,28);5H,1-4,6H2. The highest BCUT2D eigenvalue weighted by molar-refractivity contribution is 5.87. The molecule has 5 rings (SSSR count). The number of benzene rings is 3. The van der Waals surface area contributed by atoms with Gasteiger partial charge in [0.15, 0.2) is 11.6 Å². The third-order valence-corrected chi connectivity index (χ3v) is 5.66. The van der Waals surface area contributed by atoms with Crippen LogP contribution >= 0.6 is 0 Å². The van der Waals surface area contributed by atoms with E-state index >= 15 is 0 Å². The lowest BCUT2D eigenvalue weighted by atomic mass is 10.1. The number of carboxylic acids is 1. The fourth-order valence-corrected chi connectivity index (χ4v) is 3.81. The Labute approximate surface area is 197 Å². The maximum Gasteiger partial charge on any atom is 0.335 e. The van der Waals surface area contributed by atoms with Crippen molar-refractivity contribution < 1.29 is 20.1 Å². The van der Waals surface area contributed by atoms with Crippen LogP contribution in [0.15, 0.2) is 72.8 Å². The Morgan fingerprint density at radius 1 is 0.853 bits per heavy atom. The van der Waals surface area contributed by atoms with E-state index in [1.807, 2.05) is 0 Å². The van der Waals surface area contributed by atoms with Crippen LogP contribution in [0.4, 0.5) is 0 Å². The van der Waals surface area contributed by atoms with Gasteiger partial charge in [0.1, 0.15) is 11.5 Å². The van der Waals surface area contributed by atoms with E-state index in [0.29, 0.717) is 28.7 Å². The molecule has 0 atom stereocenters. The van der Waals surface area contributed by atoms with Gasteiger partial charge in [0.05, 0.1) is 22.4 Å². The molecule has 1 aliphatic carbocycles. The lowest BCUT2D eigenvalue weighted by Gasteiger charge is -2.07. The zero-order valence-corrected chi connectivity index (χ0v) is 18.5. The molecule has 0 aliphatic heterocycles.